The SMILES string of the molecule is C[C@@H](CC(=O)Nc1ccc(N2CCN(C(=O)Cc3ccc(F)cc3)CC2)cc1)CC(C)(C)C. The van der Waals surface area contributed by atoms with E-state index in [0.29, 0.717) is 31.8 Å². The highest BCUT2D eigenvalue weighted by atomic mass is 19.1. The fourth-order valence-corrected chi connectivity index (χ4v) is 4.50. The van der Waals surface area contributed by atoms with Crippen LogP contribution in [0.5, 0.6) is 0 Å². The summed E-state index contributed by atoms with van der Waals surface area (Å²) in [6.45, 7) is 11.5. The molecule has 1 fully saturated rings. The molecule has 0 unspecified atom stereocenters. The second kappa shape index (κ2) is 10.8. The van der Waals surface area contributed by atoms with E-state index in [-0.39, 0.29) is 23.0 Å². The molecule has 33 heavy (non-hydrogen) atoms. The van der Waals surface area contributed by atoms with Crippen LogP contribution in [0.1, 0.15) is 46.1 Å². The number of nitrogens with one attached hydrogen (secondary N) is 1. The van der Waals surface area contributed by atoms with Crippen LogP contribution >= 0.6 is 0 Å². The van der Waals surface area contributed by atoms with E-state index in [0.717, 1.165) is 36.4 Å². The zero-order valence-electron chi connectivity index (χ0n) is 20.2. The van der Waals surface area contributed by atoms with Gasteiger partial charge in [-0.3, -0.25) is 9.59 Å². The highest BCUT2D eigenvalue weighted by molar-refractivity contribution is 5.91. The van der Waals surface area contributed by atoms with Crippen molar-refractivity contribution in [2.75, 3.05) is 36.4 Å². The molecule has 0 aromatic heterocycles. The van der Waals surface area contributed by atoms with Crippen molar-refractivity contribution in [1.82, 2.24) is 4.90 Å². The molecule has 1 aliphatic heterocycles. The van der Waals surface area contributed by atoms with Gasteiger partial charge in [-0.2, -0.15) is 0 Å². The molecule has 178 valence electrons. The number of piperazine rings is 1. The fourth-order valence-electron chi connectivity index (χ4n) is 4.50. The minimum atomic E-state index is -0.291. The lowest BCUT2D eigenvalue weighted by molar-refractivity contribution is -0.130. The van der Waals surface area contributed by atoms with Gasteiger partial charge in [-0.15, -0.1) is 0 Å². The maximum absolute atomic E-state index is 13.1. The number of rotatable bonds is 7. The Morgan fingerprint density at radius 1 is 0.970 bits per heavy atom. The first-order valence-corrected chi connectivity index (χ1v) is 11.8. The monoisotopic (exact) mass is 453 g/mol. The third kappa shape index (κ3) is 7.88. The molecule has 2 aromatic rings. The second-order valence-electron chi connectivity index (χ2n) is 10.3. The molecule has 6 heteroatoms. The topological polar surface area (TPSA) is 52.7 Å². The lowest BCUT2D eigenvalue weighted by atomic mass is 9.84. The zero-order chi connectivity index (χ0) is 24.0. The number of amides is 2. The van der Waals surface area contributed by atoms with Crippen LogP contribution in [0.15, 0.2) is 48.5 Å². The second-order valence-corrected chi connectivity index (χ2v) is 10.3. The van der Waals surface area contributed by atoms with Crippen molar-refractivity contribution in [2.24, 2.45) is 11.3 Å². The van der Waals surface area contributed by atoms with Crippen molar-refractivity contribution < 1.29 is 14.0 Å². The Morgan fingerprint density at radius 2 is 1.58 bits per heavy atom. The van der Waals surface area contributed by atoms with Crippen LogP contribution in [0.25, 0.3) is 0 Å². The summed E-state index contributed by atoms with van der Waals surface area (Å²) in [4.78, 5) is 29.1. The van der Waals surface area contributed by atoms with E-state index in [1.54, 1.807) is 12.1 Å². The molecule has 1 saturated heterocycles. The number of halogens is 1. The minimum Gasteiger partial charge on any atom is -0.368 e. The highest BCUT2D eigenvalue weighted by Crippen LogP contribution is 2.26. The first-order chi connectivity index (χ1) is 15.6. The normalized spacial score (nSPS) is 15.3. The number of benzene rings is 2. The maximum atomic E-state index is 13.1. The summed E-state index contributed by atoms with van der Waals surface area (Å²) in [6, 6.07) is 14.0. The Balaban J connectivity index is 1.45. The van der Waals surface area contributed by atoms with Crippen LogP contribution in [0.3, 0.4) is 0 Å². The maximum Gasteiger partial charge on any atom is 0.227 e. The van der Waals surface area contributed by atoms with Crippen molar-refractivity contribution in [3.63, 3.8) is 0 Å². The predicted octanol–water partition coefficient (Wildman–Crippen LogP) is 5.12. The van der Waals surface area contributed by atoms with Crippen LogP contribution in [-0.2, 0) is 16.0 Å². The predicted molar refractivity (Wildman–Crippen MR) is 132 cm³/mol. The Labute approximate surface area is 197 Å². The summed E-state index contributed by atoms with van der Waals surface area (Å²) in [5.41, 5.74) is 2.94. The van der Waals surface area contributed by atoms with E-state index in [2.05, 4.69) is 37.9 Å². The van der Waals surface area contributed by atoms with Crippen molar-refractivity contribution in [2.45, 2.75) is 47.0 Å². The van der Waals surface area contributed by atoms with Gasteiger partial charge >= 0.3 is 0 Å². The van der Waals surface area contributed by atoms with Crippen LogP contribution < -0.4 is 10.2 Å². The van der Waals surface area contributed by atoms with Crippen molar-refractivity contribution >= 4 is 23.2 Å². The van der Waals surface area contributed by atoms with Gasteiger partial charge in [0, 0.05) is 44.0 Å². The van der Waals surface area contributed by atoms with Gasteiger partial charge < -0.3 is 15.1 Å². The Kier molecular flexibility index (Phi) is 8.11. The van der Waals surface area contributed by atoms with Crippen molar-refractivity contribution in [3.05, 3.63) is 59.9 Å². The lowest BCUT2D eigenvalue weighted by Crippen LogP contribution is -2.49. The van der Waals surface area contributed by atoms with E-state index in [1.165, 1.54) is 12.1 Å². The Hall–Kier alpha value is -2.89. The Bertz CT molecular complexity index is 927. The van der Waals surface area contributed by atoms with Gasteiger partial charge in [0.25, 0.3) is 0 Å². The van der Waals surface area contributed by atoms with Gasteiger partial charge in [0.2, 0.25) is 11.8 Å². The number of hydrogen-bond donors (Lipinski definition) is 1. The molecule has 1 heterocycles. The smallest absolute Gasteiger partial charge is 0.227 e. The summed E-state index contributed by atoms with van der Waals surface area (Å²) in [5, 5.41) is 3.00. The summed E-state index contributed by atoms with van der Waals surface area (Å²) in [6.07, 6.45) is 1.83. The summed E-state index contributed by atoms with van der Waals surface area (Å²) in [5.74, 6) is 0.166. The van der Waals surface area contributed by atoms with E-state index >= 15 is 0 Å². The molecule has 0 saturated carbocycles. The first kappa shape index (κ1) is 24.7. The Morgan fingerprint density at radius 3 is 2.15 bits per heavy atom. The van der Waals surface area contributed by atoms with Gasteiger partial charge in [0.05, 0.1) is 6.42 Å². The third-order valence-corrected chi connectivity index (χ3v) is 5.91. The number of nitrogens with zero attached hydrogens (tertiary/aromatic N) is 2. The molecule has 1 aliphatic rings. The molecule has 2 amide bonds. The van der Waals surface area contributed by atoms with Crippen molar-refractivity contribution in [1.29, 1.82) is 0 Å². The fraction of sp³-hybridized carbons (Fsp3) is 0.481. The van der Waals surface area contributed by atoms with E-state index < -0.39 is 0 Å². The van der Waals surface area contributed by atoms with E-state index in [4.69, 9.17) is 0 Å². The van der Waals surface area contributed by atoms with Crippen LogP contribution in [0.2, 0.25) is 0 Å². The number of hydrogen-bond acceptors (Lipinski definition) is 3. The molecule has 5 nitrogen and oxygen atoms in total. The molecule has 1 N–H and O–H groups in total. The summed E-state index contributed by atoms with van der Waals surface area (Å²) < 4.78 is 13.1. The molecular weight excluding hydrogens is 417 g/mol. The summed E-state index contributed by atoms with van der Waals surface area (Å²) in [7, 11) is 0. The first-order valence-electron chi connectivity index (χ1n) is 11.8. The van der Waals surface area contributed by atoms with Gasteiger partial charge in [-0.1, -0.05) is 39.8 Å². The lowest BCUT2D eigenvalue weighted by Gasteiger charge is -2.36. The average molecular weight is 454 g/mol. The van der Waals surface area contributed by atoms with Gasteiger partial charge in [-0.25, -0.2) is 4.39 Å². The standard InChI is InChI=1S/C27H36FN3O2/c1-20(19-27(2,3)4)17-25(32)29-23-9-11-24(12-10-23)30-13-15-31(16-14-30)26(33)18-21-5-7-22(28)8-6-21/h5-12,20H,13-19H2,1-4H3,(H,29,32)/t20-/m0/s1. The molecule has 3 rings (SSSR count). The molecule has 0 radical (unpaired) electrons. The van der Waals surface area contributed by atoms with Crippen molar-refractivity contribution in [3.8, 4) is 0 Å². The van der Waals surface area contributed by atoms with Crippen LogP contribution in [-0.4, -0.2) is 42.9 Å². The highest BCUT2D eigenvalue weighted by Gasteiger charge is 2.22. The van der Waals surface area contributed by atoms with Gasteiger partial charge in [0.15, 0.2) is 0 Å². The number of carbonyl (C=O) groups excluding carboxylic acids is 2. The number of carbonyl (C=O) groups is 2. The number of anilines is 2. The quantitative estimate of drug-likeness (QED) is 0.633. The summed E-state index contributed by atoms with van der Waals surface area (Å²) >= 11 is 0. The molecule has 2 aromatic carbocycles. The molecule has 0 aliphatic carbocycles. The molecule has 0 spiro atoms. The van der Waals surface area contributed by atoms with Gasteiger partial charge in [0.1, 0.15) is 5.82 Å². The third-order valence-electron chi connectivity index (χ3n) is 5.91. The minimum absolute atomic E-state index is 0.0489. The van der Waals surface area contributed by atoms with Gasteiger partial charge in [-0.05, 0) is 59.7 Å². The largest absolute Gasteiger partial charge is 0.368 e. The van der Waals surface area contributed by atoms with Crippen LogP contribution in [0, 0.1) is 17.2 Å². The van der Waals surface area contributed by atoms with E-state index in [1.807, 2.05) is 29.2 Å². The van der Waals surface area contributed by atoms with Crippen LogP contribution in [0.4, 0.5) is 15.8 Å². The average Bonchev–Trinajstić information content (AvgIpc) is 2.74. The molecule has 1 atom stereocenters. The molecule has 0 bridgehead atoms. The van der Waals surface area contributed by atoms with E-state index in [9.17, 15) is 14.0 Å². The molecular formula is C27H36FN3O2. The zero-order valence-corrected chi connectivity index (χ0v) is 20.2.